The molecule has 0 saturated heterocycles. The number of aliphatic hydroxyl groups is 1. The summed E-state index contributed by atoms with van der Waals surface area (Å²) >= 11 is 0. The molecule has 35 heavy (non-hydrogen) atoms. The Kier molecular flexibility index (Phi) is 9.36. The van der Waals surface area contributed by atoms with Crippen molar-refractivity contribution in [2.45, 2.75) is 65.9 Å². The molecule has 9 heteroatoms. The van der Waals surface area contributed by atoms with E-state index < -0.39 is 29.9 Å². The fourth-order valence-electron chi connectivity index (χ4n) is 4.43. The van der Waals surface area contributed by atoms with E-state index >= 15 is 0 Å². The van der Waals surface area contributed by atoms with Crippen LogP contribution in [0, 0.1) is 11.8 Å². The van der Waals surface area contributed by atoms with Crippen molar-refractivity contribution < 1.29 is 24.9 Å². The minimum Gasteiger partial charge on any atom is -0.504 e. The summed E-state index contributed by atoms with van der Waals surface area (Å²) in [6.07, 6.45) is 3.39. The van der Waals surface area contributed by atoms with Crippen molar-refractivity contribution in [3.63, 3.8) is 0 Å². The molecule has 0 radical (unpaired) electrons. The van der Waals surface area contributed by atoms with Crippen molar-refractivity contribution in [1.29, 1.82) is 0 Å². The number of phenolic OH excluding ortho intramolecular Hbond substituents is 2. The lowest BCUT2D eigenvalue weighted by Crippen LogP contribution is -2.20. The summed E-state index contributed by atoms with van der Waals surface area (Å²) in [7, 11) is 0. The van der Waals surface area contributed by atoms with Gasteiger partial charge in [0.05, 0.1) is 29.1 Å². The number of phenols is 2. The molecule has 2 rings (SSSR count). The van der Waals surface area contributed by atoms with Crippen molar-refractivity contribution >= 4 is 28.9 Å². The summed E-state index contributed by atoms with van der Waals surface area (Å²) in [5, 5.41) is 34.5. The number of amides is 2. The number of aliphatic hydroxyl groups excluding tert-OH is 1. The quantitative estimate of drug-likeness (QED) is 0.142. The number of hydrogen-bond donors (Lipinski definition) is 7. The number of nitrogens with two attached hydrogens (primary N) is 3. The minimum absolute atomic E-state index is 0.0259. The van der Waals surface area contributed by atoms with E-state index in [1.54, 1.807) is 0 Å². The Bertz CT molecular complexity index is 1080. The lowest BCUT2D eigenvalue weighted by molar-refractivity contribution is 0.100. The maximum atomic E-state index is 12.9. The molecule has 2 aromatic carbocycles. The fourth-order valence-corrected chi connectivity index (χ4v) is 4.43. The van der Waals surface area contributed by atoms with Gasteiger partial charge in [-0.05, 0) is 42.7 Å². The van der Waals surface area contributed by atoms with E-state index in [2.05, 4.69) is 33.0 Å². The van der Waals surface area contributed by atoms with Gasteiger partial charge < -0.3 is 37.8 Å². The van der Waals surface area contributed by atoms with Gasteiger partial charge in [-0.15, -0.1) is 0 Å². The molecule has 0 fully saturated rings. The first-order valence-electron chi connectivity index (χ1n) is 11.9. The predicted molar refractivity (Wildman–Crippen MR) is 138 cm³/mol. The number of benzene rings is 2. The van der Waals surface area contributed by atoms with Crippen LogP contribution in [0.25, 0.3) is 0 Å². The number of hydrogen-bond acceptors (Lipinski definition) is 7. The van der Waals surface area contributed by atoms with Gasteiger partial charge in [0.1, 0.15) is 5.69 Å². The Morgan fingerprint density at radius 1 is 0.943 bits per heavy atom. The first kappa shape index (κ1) is 27.8. The number of aromatic hydroxyl groups is 2. The SMILES string of the molecule is CC(C)CCCC(CC(C)C)c1c(O)c(O)c(NC(=O)c2cccc(C(N)=O)c2N)c(N)c1CO. The van der Waals surface area contributed by atoms with Gasteiger partial charge in [0.25, 0.3) is 11.8 Å². The molecule has 192 valence electrons. The number of carbonyl (C=O) groups is 2. The maximum Gasteiger partial charge on any atom is 0.257 e. The molecule has 9 nitrogen and oxygen atoms in total. The number of anilines is 3. The fraction of sp³-hybridized carbons (Fsp3) is 0.462. The zero-order chi connectivity index (χ0) is 26.4. The second kappa shape index (κ2) is 11.8. The van der Waals surface area contributed by atoms with E-state index in [1.165, 1.54) is 18.2 Å². The summed E-state index contributed by atoms with van der Waals surface area (Å²) in [5.74, 6) is -1.89. The van der Waals surface area contributed by atoms with E-state index in [-0.39, 0.29) is 39.7 Å². The van der Waals surface area contributed by atoms with Crippen molar-refractivity contribution in [3.05, 3.63) is 40.5 Å². The Morgan fingerprint density at radius 3 is 2.11 bits per heavy atom. The highest BCUT2D eigenvalue weighted by Crippen LogP contribution is 2.49. The van der Waals surface area contributed by atoms with E-state index in [0.29, 0.717) is 17.4 Å². The molecule has 2 amide bonds. The van der Waals surface area contributed by atoms with Gasteiger partial charge in [-0.2, -0.15) is 0 Å². The lowest BCUT2D eigenvalue weighted by atomic mass is 9.82. The lowest BCUT2D eigenvalue weighted by Gasteiger charge is -2.26. The van der Waals surface area contributed by atoms with Crippen LogP contribution in [0.15, 0.2) is 18.2 Å². The third-order valence-corrected chi connectivity index (χ3v) is 6.15. The van der Waals surface area contributed by atoms with E-state index in [4.69, 9.17) is 17.2 Å². The molecule has 1 unspecified atom stereocenters. The summed E-state index contributed by atoms with van der Waals surface area (Å²) < 4.78 is 0. The maximum absolute atomic E-state index is 12.9. The molecule has 0 aliphatic heterocycles. The highest BCUT2D eigenvalue weighted by molar-refractivity contribution is 6.13. The van der Waals surface area contributed by atoms with Crippen molar-refractivity contribution in [2.75, 3.05) is 16.8 Å². The summed E-state index contributed by atoms with van der Waals surface area (Å²) in [6, 6.07) is 4.22. The zero-order valence-corrected chi connectivity index (χ0v) is 20.9. The predicted octanol–water partition coefficient (Wildman–Crippen LogP) is 4.06. The monoisotopic (exact) mass is 486 g/mol. The first-order valence-corrected chi connectivity index (χ1v) is 11.9. The number of carbonyl (C=O) groups excluding carboxylic acids is 2. The highest BCUT2D eigenvalue weighted by atomic mass is 16.3. The third kappa shape index (κ3) is 6.36. The van der Waals surface area contributed by atoms with Crippen molar-refractivity contribution in [1.82, 2.24) is 0 Å². The van der Waals surface area contributed by atoms with E-state index in [9.17, 15) is 24.9 Å². The molecule has 0 aliphatic carbocycles. The van der Waals surface area contributed by atoms with Crippen LogP contribution >= 0.6 is 0 Å². The second-order valence-corrected chi connectivity index (χ2v) is 9.77. The van der Waals surface area contributed by atoms with Gasteiger partial charge in [-0.1, -0.05) is 46.6 Å². The number of nitrogen functional groups attached to an aromatic ring is 2. The molecule has 0 spiro atoms. The van der Waals surface area contributed by atoms with Gasteiger partial charge in [-0.3, -0.25) is 9.59 Å². The number of primary amides is 1. The van der Waals surface area contributed by atoms with Crippen LogP contribution in [0.5, 0.6) is 11.5 Å². The van der Waals surface area contributed by atoms with Crippen LogP contribution in [0.4, 0.5) is 17.1 Å². The smallest absolute Gasteiger partial charge is 0.257 e. The standard InChI is InChI=1S/C26H38N4O5/c1-13(2)7-5-8-15(11-14(3)4)19-18(12-31)21(28)22(24(33)23(19)32)30-26(35)17-10-6-9-16(20(17)27)25(29)34/h6,9-10,13-15,31-33H,5,7-8,11-12,27-28H2,1-4H3,(H2,29,34)(H,30,35). The summed E-state index contributed by atoms with van der Waals surface area (Å²) in [4.78, 5) is 24.5. The first-order chi connectivity index (χ1) is 16.4. The molecular formula is C26H38N4O5. The number of rotatable bonds is 11. The van der Waals surface area contributed by atoms with Crippen LogP contribution < -0.4 is 22.5 Å². The average molecular weight is 487 g/mol. The van der Waals surface area contributed by atoms with Gasteiger partial charge in [0.2, 0.25) is 0 Å². The molecule has 0 bridgehead atoms. The third-order valence-electron chi connectivity index (χ3n) is 6.15. The average Bonchev–Trinajstić information content (AvgIpc) is 2.77. The largest absolute Gasteiger partial charge is 0.504 e. The molecule has 0 saturated carbocycles. The van der Waals surface area contributed by atoms with Crippen LogP contribution in [0.2, 0.25) is 0 Å². The Balaban J connectivity index is 2.53. The van der Waals surface area contributed by atoms with Crippen LogP contribution in [-0.2, 0) is 6.61 Å². The number of para-hydroxylation sites is 1. The van der Waals surface area contributed by atoms with E-state index in [1.807, 2.05) is 0 Å². The van der Waals surface area contributed by atoms with Crippen molar-refractivity contribution in [2.24, 2.45) is 17.6 Å². The second-order valence-electron chi connectivity index (χ2n) is 9.77. The molecule has 2 aromatic rings. The summed E-state index contributed by atoms with van der Waals surface area (Å²) in [6.45, 7) is 7.92. The van der Waals surface area contributed by atoms with Gasteiger partial charge >= 0.3 is 0 Å². The normalized spacial score (nSPS) is 12.2. The molecular weight excluding hydrogens is 448 g/mol. The van der Waals surface area contributed by atoms with Crippen molar-refractivity contribution in [3.8, 4) is 11.5 Å². The zero-order valence-electron chi connectivity index (χ0n) is 20.9. The molecule has 10 N–H and O–H groups in total. The molecule has 0 aliphatic rings. The molecule has 0 aromatic heterocycles. The summed E-state index contributed by atoms with van der Waals surface area (Å²) in [5.41, 5.74) is 17.7. The molecule has 1 atom stereocenters. The topological polar surface area (TPSA) is 185 Å². The highest BCUT2D eigenvalue weighted by Gasteiger charge is 2.29. The Morgan fingerprint density at radius 2 is 1.57 bits per heavy atom. The van der Waals surface area contributed by atoms with Gasteiger partial charge in [0.15, 0.2) is 11.5 Å². The Hall–Kier alpha value is -3.46. The van der Waals surface area contributed by atoms with Gasteiger partial charge in [-0.25, -0.2) is 0 Å². The van der Waals surface area contributed by atoms with Crippen LogP contribution in [-0.4, -0.2) is 27.1 Å². The minimum atomic E-state index is -0.794. The van der Waals surface area contributed by atoms with Crippen LogP contribution in [0.3, 0.4) is 0 Å². The number of nitrogens with one attached hydrogen (secondary N) is 1. The van der Waals surface area contributed by atoms with Gasteiger partial charge in [0, 0.05) is 11.1 Å². The van der Waals surface area contributed by atoms with E-state index in [0.717, 1.165) is 25.7 Å². The van der Waals surface area contributed by atoms with Crippen LogP contribution in [0.1, 0.15) is 91.1 Å². The molecule has 0 heterocycles. The Labute approximate surface area is 206 Å².